The van der Waals surface area contributed by atoms with Gasteiger partial charge in [-0.2, -0.15) is 0 Å². The van der Waals surface area contributed by atoms with Gasteiger partial charge in [0.15, 0.2) is 0 Å². The van der Waals surface area contributed by atoms with E-state index in [-0.39, 0.29) is 11.5 Å². The van der Waals surface area contributed by atoms with Gasteiger partial charge in [-0.1, -0.05) is 37.6 Å². The maximum absolute atomic E-state index is 5.90. The third-order valence-electron chi connectivity index (χ3n) is 2.95. The van der Waals surface area contributed by atoms with Crippen LogP contribution in [0.2, 0.25) is 0 Å². The molecule has 0 fully saturated rings. The number of aryl methyl sites for hydroxylation is 2. The smallest absolute Gasteiger partial charge is 0.00187 e. The summed E-state index contributed by atoms with van der Waals surface area (Å²) in [7, 11) is 0. The quantitative estimate of drug-likeness (QED) is 0.805. The Morgan fingerprint density at radius 1 is 1.27 bits per heavy atom. The molecule has 1 nitrogen and oxygen atoms in total. The van der Waals surface area contributed by atoms with Gasteiger partial charge in [0.2, 0.25) is 0 Å². The van der Waals surface area contributed by atoms with Crippen LogP contribution in [-0.4, -0.2) is 6.04 Å². The summed E-state index contributed by atoms with van der Waals surface area (Å²) in [5, 5.41) is 0. The van der Waals surface area contributed by atoms with Crippen LogP contribution in [0.3, 0.4) is 0 Å². The van der Waals surface area contributed by atoms with Crippen molar-refractivity contribution < 1.29 is 0 Å². The molecule has 1 heteroatoms. The molecule has 15 heavy (non-hydrogen) atoms. The SMILES string of the molecule is Cc1ccc(C)c(C(C)(C)CC(C)N)c1. The third-order valence-corrected chi connectivity index (χ3v) is 2.95. The third kappa shape index (κ3) is 3.07. The summed E-state index contributed by atoms with van der Waals surface area (Å²) >= 11 is 0. The molecule has 1 aromatic carbocycles. The second-order valence-corrected chi connectivity index (χ2v) is 5.38. The molecular formula is C14H23N. The Morgan fingerprint density at radius 2 is 1.87 bits per heavy atom. The average Bonchev–Trinajstić information content (AvgIpc) is 2.06. The molecule has 0 spiro atoms. The minimum absolute atomic E-state index is 0.171. The molecule has 1 unspecified atom stereocenters. The lowest BCUT2D eigenvalue weighted by Crippen LogP contribution is -2.28. The fourth-order valence-electron chi connectivity index (χ4n) is 2.38. The van der Waals surface area contributed by atoms with Gasteiger partial charge in [-0.15, -0.1) is 0 Å². The highest BCUT2D eigenvalue weighted by Gasteiger charge is 2.23. The van der Waals surface area contributed by atoms with E-state index in [1.165, 1.54) is 16.7 Å². The van der Waals surface area contributed by atoms with Gasteiger partial charge in [-0.3, -0.25) is 0 Å². The van der Waals surface area contributed by atoms with E-state index in [1.54, 1.807) is 0 Å². The van der Waals surface area contributed by atoms with Crippen molar-refractivity contribution in [2.75, 3.05) is 0 Å². The van der Waals surface area contributed by atoms with Crippen LogP contribution in [0, 0.1) is 13.8 Å². The van der Waals surface area contributed by atoms with Gasteiger partial charge in [-0.05, 0) is 43.7 Å². The van der Waals surface area contributed by atoms with E-state index in [0.717, 1.165) is 6.42 Å². The largest absolute Gasteiger partial charge is 0.328 e. The molecular weight excluding hydrogens is 182 g/mol. The lowest BCUT2D eigenvalue weighted by molar-refractivity contribution is 0.435. The van der Waals surface area contributed by atoms with Crippen LogP contribution in [-0.2, 0) is 5.41 Å². The van der Waals surface area contributed by atoms with Crippen LogP contribution in [0.5, 0.6) is 0 Å². The molecule has 1 atom stereocenters. The first-order chi connectivity index (χ1) is 6.83. The van der Waals surface area contributed by atoms with Crippen molar-refractivity contribution in [2.45, 2.75) is 52.5 Å². The number of hydrogen-bond acceptors (Lipinski definition) is 1. The van der Waals surface area contributed by atoms with Gasteiger partial charge >= 0.3 is 0 Å². The lowest BCUT2D eigenvalue weighted by atomic mass is 9.77. The molecule has 0 saturated carbocycles. The van der Waals surface area contributed by atoms with Crippen LogP contribution in [0.25, 0.3) is 0 Å². The molecule has 2 N–H and O–H groups in total. The van der Waals surface area contributed by atoms with Gasteiger partial charge < -0.3 is 5.73 Å². The number of benzene rings is 1. The van der Waals surface area contributed by atoms with E-state index in [4.69, 9.17) is 5.73 Å². The summed E-state index contributed by atoms with van der Waals surface area (Å²) in [6, 6.07) is 6.91. The fraction of sp³-hybridized carbons (Fsp3) is 0.571. The minimum Gasteiger partial charge on any atom is -0.328 e. The molecule has 0 amide bonds. The summed E-state index contributed by atoms with van der Waals surface area (Å²) < 4.78 is 0. The van der Waals surface area contributed by atoms with Crippen LogP contribution in [0.4, 0.5) is 0 Å². The normalized spacial score (nSPS) is 14.0. The molecule has 0 aliphatic carbocycles. The van der Waals surface area contributed by atoms with Crippen molar-refractivity contribution in [2.24, 2.45) is 5.73 Å². The molecule has 0 heterocycles. The van der Waals surface area contributed by atoms with E-state index in [1.807, 2.05) is 0 Å². The fourth-order valence-corrected chi connectivity index (χ4v) is 2.38. The second-order valence-electron chi connectivity index (χ2n) is 5.38. The summed E-state index contributed by atoms with van der Waals surface area (Å²) in [6.07, 6.45) is 1.03. The molecule has 0 aliphatic heterocycles. The van der Waals surface area contributed by atoms with Crippen molar-refractivity contribution in [1.82, 2.24) is 0 Å². The Bertz CT molecular complexity index is 337. The number of hydrogen-bond donors (Lipinski definition) is 1. The second kappa shape index (κ2) is 4.36. The monoisotopic (exact) mass is 205 g/mol. The first-order valence-electron chi connectivity index (χ1n) is 5.66. The van der Waals surface area contributed by atoms with Crippen molar-refractivity contribution in [3.05, 3.63) is 34.9 Å². The van der Waals surface area contributed by atoms with Gasteiger partial charge in [0.25, 0.3) is 0 Å². The van der Waals surface area contributed by atoms with Gasteiger partial charge in [-0.25, -0.2) is 0 Å². The van der Waals surface area contributed by atoms with Gasteiger partial charge in [0.05, 0.1) is 0 Å². The molecule has 0 bridgehead atoms. The maximum Gasteiger partial charge on any atom is 0.00187 e. The summed E-state index contributed by atoms with van der Waals surface area (Å²) in [6.45, 7) is 11.0. The topological polar surface area (TPSA) is 26.0 Å². The van der Waals surface area contributed by atoms with Crippen LogP contribution in [0.1, 0.15) is 43.9 Å². The average molecular weight is 205 g/mol. The molecule has 0 saturated heterocycles. The summed E-state index contributed by atoms with van der Waals surface area (Å²) in [5.41, 5.74) is 10.2. The zero-order valence-electron chi connectivity index (χ0n) is 10.6. The molecule has 0 aliphatic rings. The van der Waals surface area contributed by atoms with Crippen LogP contribution < -0.4 is 5.73 Å². The zero-order chi connectivity index (χ0) is 11.6. The van der Waals surface area contributed by atoms with Crippen molar-refractivity contribution in [3.8, 4) is 0 Å². The van der Waals surface area contributed by atoms with E-state index in [0.29, 0.717) is 0 Å². The summed E-state index contributed by atoms with van der Waals surface area (Å²) in [5.74, 6) is 0. The Kier molecular flexibility index (Phi) is 3.56. The summed E-state index contributed by atoms with van der Waals surface area (Å²) in [4.78, 5) is 0. The van der Waals surface area contributed by atoms with Crippen LogP contribution >= 0.6 is 0 Å². The Labute approximate surface area is 93.7 Å². The highest BCUT2D eigenvalue weighted by atomic mass is 14.6. The van der Waals surface area contributed by atoms with Crippen molar-refractivity contribution in [3.63, 3.8) is 0 Å². The first-order valence-corrected chi connectivity index (χ1v) is 5.66. The lowest BCUT2D eigenvalue weighted by Gasteiger charge is -2.29. The molecule has 84 valence electrons. The Balaban J connectivity index is 3.08. The standard InChI is InChI=1S/C14H23N/c1-10-6-7-11(2)13(8-10)14(4,5)9-12(3)15/h6-8,12H,9,15H2,1-5H3. The predicted octanol–water partition coefficient (Wildman–Crippen LogP) is 3.32. The highest BCUT2D eigenvalue weighted by Crippen LogP contribution is 2.31. The Morgan fingerprint density at radius 3 is 2.40 bits per heavy atom. The highest BCUT2D eigenvalue weighted by molar-refractivity contribution is 5.35. The zero-order valence-corrected chi connectivity index (χ0v) is 10.6. The minimum atomic E-state index is 0.171. The van der Waals surface area contributed by atoms with E-state index < -0.39 is 0 Å². The Hall–Kier alpha value is -0.820. The first kappa shape index (κ1) is 12.3. The molecule has 1 aromatic rings. The molecule has 0 aromatic heterocycles. The van der Waals surface area contributed by atoms with E-state index >= 15 is 0 Å². The van der Waals surface area contributed by atoms with E-state index in [9.17, 15) is 0 Å². The van der Waals surface area contributed by atoms with Gasteiger partial charge in [0, 0.05) is 6.04 Å². The van der Waals surface area contributed by atoms with Crippen molar-refractivity contribution >= 4 is 0 Å². The van der Waals surface area contributed by atoms with Gasteiger partial charge in [0.1, 0.15) is 0 Å². The molecule has 0 radical (unpaired) electrons. The van der Waals surface area contributed by atoms with Crippen molar-refractivity contribution in [1.29, 1.82) is 0 Å². The maximum atomic E-state index is 5.90. The molecule has 1 rings (SSSR count). The number of nitrogens with two attached hydrogens (primary N) is 1. The van der Waals surface area contributed by atoms with Crippen LogP contribution in [0.15, 0.2) is 18.2 Å². The number of rotatable bonds is 3. The predicted molar refractivity (Wildman–Crippen MR) is 67.2 cm³/mol. The van der Waals surface area contributed by atoms with E-state index in [2.05, 4.69) is 52.8 Å².